The van der Waals surface area contributed by atoms with Crippen molar-refractivity contribution in [3.8, 4) is 17.2 Å². The molecule has 9 heteroatoms. The Kier molecular flexibility index (Phi) is 8.11. The summed E-state index contributed by atoms with van der Waals surface area (Å²) in [5, 5.41) is 11.7. The van der Waals surface area contributed by atoms with E-state index in [9.17, 15) is 14.9 Å². The predicted octanol–water partition coefficient (Wildman–Crippen LogP) is 3.93. The van der Waals surface area contributed by atoms with E-state index in [2.05, 4.69) is 6.92 Å². The largest absolute Gasteiger partial charge is 0.493 e. The predicted molar refractivity (Wildman–Crippen MR) is 122 cm³/mol. The van der Waals surface area contributed by atoms with Gasteiger partial charge in [0.05, 0.1) is 24.7 Å². The first-order chi connectivity index (χ1) is 15.8. The van der Waals surface area contributed by atoms with Crippen LogP contribution in [0.2, 0.25) is 0 Å². The van der Waals surface area contributed by atoms with Crippen molar-refractivity contribution in [1.29, 1.82) is 0 Å². The number of rotatable bonds is 9. The molecule has 178 valence electrons. The molecule has 0 atom stereocenters. The summed E-state index contributed by atoms with van der Waals surface area (Å²) in [6, 6.07) is 8.60. The Morgan fingerprint density at radius 2 is 1.79 bits per heavy atom. The number of benzene rings is 2. The Morgan fingerprint density at radius 1 is 1.06 bits per heavy atom. The average molecular weight is 459 g/mol. The molecule has 0 saturated carbocycles. The van der Waals surface area contributed by atoms with Gasteiger partial charge in [-0.05, 0) is 37.1 Å². The normalized spacial score (nSPS) is 14.1. The Hall–Kier alpha value is -3.33. The van der Waals surface area contributed by atoms with Gasteiger partial charge in [-0.1, -0.05) is 6.07 Å². The van der Waals surface area contributed by atoms with Crippen LogP contribution in [0.15, 0.2) is 30.3 Å². The number of carbonyl (C=O) groups excluding carboxylic acids is 1. The van der Waals surface area contributed by atoms with Gasteiger partial charge >= 0.3 is 0 Å². The van der Waals surface area contributed by atoms with Gasteiger partial charge in [0, 0.05) is 39.1 Å². The molecule has 0 spiro atoms. The lowest BCUT2D eigenvalue weighted by Gasteiger charge is -2.32. The van der Waals surface area contributed by atoms with E-state index in [0.717, 1.165) is 11.3 Å². The maximum Gasteiger partial charge on any atom is 0.286 e. The highest BCUT2D eigenvalue weighted by atomic mass is 16.6. The van der Waals surface area contributed by atoms with Crippen molar-refractivity contribution in [2.45, 2.75) is 32.8 Å². The van der Waals surface area contributed by atoms with Crippen LogP contribution < -0.4 is 14.2 Å². The van der Waals surface area contributed by atoms with Gasteiger partial charge in [0.1, 0.15) is 24.0 Å². The lowest BCUT2D eigenvalue weighted by molar-refractivity contribution is -0.385. The van der Waals surface area contributed by atoms with E-state index in [4.69, 9.17) is 18.9 Å². The van der Waals surface area contributed by atoms with Crippen molar-refractivity contribution < 1.29 is 28.7 Å². The van der Waals surface area contributed by atoms with Crippen LogP contribution in [0.5, 0.6) is 17.2 Å². The molecule has 0 radical (unpaired) electrons. The molecule has 1 amide bonds. The summed E-state index contributed by atoms with van der Waals surface area (Å²) in [7, 11) is 2.95. The van der Waals surface area contributed by atoms with Gasteiger partial charge < -0.3 is 23.8 Å². The van der Waals surface area contributed by atoms with E-state index in [0.29, 0.717) is 32.5 Å². The molecule has 1 heterocycles. The number of piperidine rings is 1. The van der Waals surface area contributed by atoms with E-state index in [1.807, 2.05) is 25.1 Å². The molecule has 1 aliphatic rings. The minimum atomic E-state index is -0.578. The van der Waals surface area contributed by atoms with Crippen LogP contribution in [0.25, 0.3) is 0 Å². The molecule has 1 aliphatic heterocycles. The minimum Gasteiger partial charge on any atom is -0.493 e. The summed E-state index contributed by atoms with van der Waals surface area (Å²) < 4.78 is 21.9. The Bertz CT molecular complexity index is 1000. The quantitative estimate of drug-likeness (QED) is 0.319. The minimum absolute atomic E-state index is 0.0164. The number of methoxy groups -OCH3 is 2. The van der Waals surface area contributed by atoms with Crippen molar-refractivity contribution in [1.82, 2.24) is 4.90 Å². The summed E-state index contributed by atoms with van der Waals surface area (Å²) in [6.07, 6.45) is 1.26. The number of nitro benzene ring substituents is 1. The van der Waals surface area contributed by atoms with Crippen molar-refractivity contribution in [3.05, 3.63) is 57.1 Å². The van der Waals surface area contributed by atoms with Crippen LogP contribution in [0.4, 0.5) is 5.69 Å². The molecule has 2 aromatic rings. The third kappa shape index (κ3) is 5.92. The van der Waals surface area contributed by atoms with Crippen LogP contribution >= 0.6 is 0 Å². The zero-order valence-electron chi connectivity index (χ0n) is 19.5. The summed E-state index contributed by atoms with van der Waals surface area (Å²) in [6.45, 7) is 5.50. The molecule has 3 rings (SSSR count). The first kappa shape index (κ1) is 24.3. The number of nitro groups is 1. The molecule has 0 N–H and O–H groups in total. The fraction of sp³-hybridized carbons (Fsp3) is 0.458. The number of hydrogen-bond donors (Lipinski definition) is 0. The highest BCUT2D eigenvalue weighted by molar-refractivity contribution is 5.99. The Labute approximate surface area is 193 Å². The molecule has 0 unspecified atom stereocenters. The van der Waals surface area contributed by atoms with E-state index in [-0.39, 0.29) is 35.5 Å². The van der Waals surface area contributed by atoms with Crippen LogP contribution in [0, 0.1) is 24.0 Å². The number of amides is 1. The van der Waals surface area contributed by atoms with Crippen molar-refractivity contribution in [3.63, 3.8) is 0 Å². The molecule has 2 aromatic carbocycles. The topological polar surface area (TPSA) is 100 Å². The van der Waals surface area contributed by atoms with E-state index < -0.39 is 10.8 Å². The second kappa shape index (κ2) is 11.0. The summed E-state index contributed by atoms with van der Waals surface area (Å²) in [5.74, 6) is 0.853. The number of ether oxygens (including phenoxy) is 4. The van der Waals surface area contributed by atoms with Crippen LogP contribution in [-0.2, 0) is 4.74 Å². The van der Waals surface area contributed by atoms with Gasteiger partial charge in [0.25, 0.3) is 11.6 Å². The second-order valence-corrected chi connectivity index (χ2v) is 7.97. The molecular formula is C24H30N2O7. The van der Waals surface area contributed by atoms with E-state index in [1.165, 1.54) is 31.9 Å². The molecular weight excluding hydrogens is 428 g/mol. The maximum absolute atomic E-state index is 13.2. The Morgan fingerprint density at radius 3 is 2.39 bits per heavy atom. The summed E-state index contributed by atoms with van der Waals surface area (Å²) in [5.41, 5.74) is 2.03. The monoisotopic (exact) mass is 458 g/mol. The van der Waals surface area contributed by atoms with Crippen molar-refractivity contribution in [2.24, 2.45) is 0 Å². The summed E-state index contributed by atoms with van der Waals surface area (Å²) in [4.78, 5) is 25.9. The lowest BCUT2D eigenvalue weighted by Crippen LogP contribution is -2.42. The highest BCUT2D eigenvalue weighted by Gasteiger charge is 2.31. The third-order valence-electron chi connectivity index (χ3n) is 5.76. The number of likely N-dealkylation sites (tertiary alicyclic amines) is 1. The standard InChI is InChI=1S/C24H30N2O7/c1-16-5-6-19(13-17(16)2)33-18-7-9-25(10-8-18)24(27)20-14-22(31-4)23(32-12-11-30-3)15-21(20)26(28)29/h5-6,13-15,18H,7-12H2,1-4H3. The van der Waals surface area contributed by atoms with Crippen LogP contribution in [-0.4, -0.2) is 62.4 Å². The van der Waals surface area contributed by atoms with Gasteiger partial charge in [-0.15, -0.1) is 0 Å². The SMILES string of the molecule is COCCOc1cc([N+](=O)[O-])c(C(=O)N2CCC(Oc3ccc(C)c(C)c3)CC2)cc1OC. The van der Waals surface area contributed by atoms with Crippen molar-refractivity contribution in [2.75, 3.05) is 40.5 Å². The first-order valence-electron chi connectivity index (χ1n) is 10.9. The number of aryl methyl sites for hydroxylation is 2. The van der Waals surface area contributed by atoms with Gasteiger partial charge in [-0.3, -0.25) is 14.9 Å². The number of hydrogen-bond acceptors (Lipinski definition) is 7. The molecule has 0 bridgehead atoms. The number of carbonyl (C=O) groups is 1. The molecule has 0 aromatic heterocycles. The summed E-state index contributed by atoms with van der Waals surface area (Å²) >= 11 is 0. The highest BCUT2D eigenvalue weighted by Crippen LogP contribution is 2.36. The maximum atomic E-state index is 13.2. The van der Waals surface area contributed by atoms with Crippen molar-refractivity contribution >= 4 is 11.6 Å². The Balaban J connectivity index is 1.71. The zero-order chi connectivity index (χ0) is 24.0. The average Bonchev–Trinajstić information content (AvgIpc) is 2.81. The fourth-order valence-electron chi connectivity index (χ4n) is 3.71. The molecule has 1 fully saturated rings. The van der Waals surface area contributed by atoms with Crippen LogP contribution in [0.1, 0.15) is 34.3 Å². The lowest BCUT2D eigenvalue weighted by atomic mass is 10.0. The smallest absolute Gasteiger partial charge is 0.286 e. The molecule has 9 nitrogen and oxygen atoms in total. The van der Waals surface area contributed by atoms with Crippen LogP contribution in [0.3, 0.4) is 0 Å². The fourth-order valence-corrected chi connectivity index (χ4v) is 3.71. The van der Waals surface area contributed by atoms with Gasteiger partial charge in [0.15, 0.2) is 11.5 Å². The zero-order valence-corrected chi connectivity index (χ0v) is 19.5. The molecule has 1 saturated heterocycles. The van der Waals surface area contributed by atoms with Gasteiger partial charge in [-0.25, -0.2) is 0 Å². The number of nitrogens with zero attached hydrogens (tertiary/aromatic N) is 2. The third-order valence-corrected chi connectivity index (χ3v) is 5.76. The van der Waals surface area contributed by atoms with E-state index in [1.54, 1.807) is 4.90 Å². The first-order valence-corrected chi connectivity index (χ1v) is 10.9. The van der Waals surface area contributed by atoms with Gasteiger partial charge in [0.2, 0.25) is 0 Å². The molecule has 33 heavy (non-hydrogen) atoms. The van der Waals surface area contributed by atoms with Gasteiger partial charge in [-0.2, -0.15) is 0 Å². The second-order valence-electron chi connectivity index (χ2n) is 7.97. The van der Waals surface area contributed by atoms with E-state index >= 15 is 0 Å². The molecule has 0 aliphatic carbocycles.